The summed E-state index contributed by atoms with van der Waals surface area (Å²) in [7, 11) is 0. The Kier molecular flexibility index (Phi) is 5.81. The van der Waals surface area contributed by atoms with Gasteiger partial charge in [-0.15, -0.1) is 0 Å². The number of fused-ring (bicyclic) bond motifs is 6. The summed E-state index contributed by atoms with van der Waals surface area (Å²) >= 11 is 0. The largest absolute Gasteiger partial charge is 0.310 e. The Bertz CT molecular complexity index is 2060. The number of para-hydroxylation sites is 1. The van der Waals surface area contributed by atoms with Crippen molar-refractivity contribution in [3.8, 4) is 33.4 Å². The first-order valence-electron chi connectivity index (χ1n) is 15.7. The maximum atomic E-state index is 2.41. The van der Waals surface area contributed by atoms with Crippen LogP contribution in [0.3, 0.4) is 0 Å². The Morgan fingerprint density at radius 3 is 1.64 bits per heavy atom. The first kappa shape index (κ1) is 26.7. The second-order valence-corrected chi connectivity index (χ2v) is 13.6. The van der Waals surface area contributed by atoms with Crippen molar-refractivity contribution >= 4 is 17.1 Å². The molecule has 8 rings (SSSR count). The van der Waals surface area contributed by atoms with Gasteiger partial charge in [0.2, 0.25) is 0 Å². The van der Waals surface area contributed by atoms with Gasteiger partial charge in [-0.25, -0.2) is 0 Å². The number of anilines is 3. The molecular formula is C43H37N. The van der Waals surface area contributed by atoms with Crippen molar-refractivity contribution in [3.63, 3.8) is 0 Å². The molecule has 1 nitrogen and oxygen atoms in total. The molecule has 2 aliphatic carbocycles. The topological polar surface area (TPSA) is 3.24 Å². The first-order valence-corrected chi connectivity index (χ1v) is 15.7. The van der Waals surface area contributed by atoms with Gasteiger partial charge >= 0.3 is 0 Å². The van der Waals surface area contributed by atoms with Crippen molar-refractivity contribution in [3.05, 3.63) is 161 Å². The lowest BCUT2D eigenvalue weighted by atomic mass is 9.81. The molecule has 0 amide bonds. The van der Waals surface area contributed by atoms with Gasteiger partial charge in [-0.05, 0) is 105 Å². The van der Waals surface area contributed by atoms with Crippen LogP contribution in [0.2, 0.25) is 0 Å². The molecule has 214 valence electrons. The Balaban J connectivity index is 1.19. The van der Waals surface area contributed by atoms with Gasteiger partial charge in [0.25, 0.3) is 0 Å². The van der Waals surface area contributed by atoms with E-state index in [-0.39, 0.29) is 10.8 Å². The number of nitrogens with zero attached hydrogens (tertiary/aromatic N) is 1. The number of aryl methyl sites for hydroxylation is 1. The molecule has 0 saturated carbocycles. The van der Waals surface area contributed by atoms with Gasteiger partial charge in [-0.2, -0.15) is 0 Å². The molecule has 44 heavy (non-hydrogen) atoms. The molecule has 0 bridgehead atoms. The van der Waals surface area contributed by atoms with Gasteiger partial charge in [-0.1, -0.05) is 124 Å². The van der Waals surface area contributed by atoms with E-state index in [0.717, 1.165) is 11.4 Å². The molecule has 0 aliphatic heterocycles. The third-order valence-corrected chi connectivity index (χ3v) is 10.1. The van der Waals surface area contributed by atoms with E-state index in [1.54, 1.807) is 0 Å². The molecule has 0 fully saturated rings. The summed E-state index contributed by atoms with van der Waals surface area (Å²) in [4.78, 5) is 2.39. The summed E-state index contributed by atoms with van der Waals surface area (Å²) < 4.78 is 0. The van der Waals surface area contributed by atoms with Gasteiger partial charge in [0.15, 0.2) is 0 Å². The van der Waals surface area contributed by atoms with Crippen LogP contribution in [0.5, 0.6) is 0 Å². The molecule has 0 unspecified atom stereocenters. The fraction of sp³-hybridized carbons (Fsp3) is 0.163. The normalized spacial score (nSPS) is 14.8. The van der Waals surface area contributed by atoms with E-state index in [9.17, 15) is 0 Å². The SMILES string of the molecule is Cc1ccc2c(c1)C(C)(C)c1cc(N(c3ccccc3)c3ccc(-c4ccc5c(c4)C(C)(C)c4ccccc4-5)cc3)ccc1-2. The lowest BCUT2D eigenvalue weighted by Crippen LogP contribution is -2.16. The number of hydrogen-bond donors (Lipinski definition) is 0. The molecule has 0 radical (unpaired) electrons. The third-order valence-electron chi connectivity index (χ3n) is 10.1. The lowest BCUT2D eigenvalue weighted by Gasteiger charge is -2.28. The number of hydrogen-bond acceptors (Lipinski definition) is 1. The maximum absolute atomic E-state index is 2.41. The van der Waals surface area contributed by atoms with E-state index in [1.165, 1.54) is 66.9 Å². The number of rotatable bonds is 4. The molecule has 1 heteroatoms. The standard InChI is InChI=1S/C43H37N/c1-28-15-22-35-37-24-21-33(27-41(37)43(4,5)39(35)25-28)44(31-11-7-6-8-12-31)32-19-16-29(17-20-32)30-18-23-36-34-13-9-10-14-38(34)42(2,3)40(36)26-30/h6-27H,1-5H3. The zero-order valence-electron chi connectivity index (χ0n) is 26.1. The fourth-order valence-electron chi connectivity index (χ4n) is 7.69. The van der Waals surface area contributed by atoms with Crippen molar-refractivity contribution in [2.45, 2.75) is 45.4 Å². The Morgan fingerprint density at radius 2 is 0.886 bits per heavy atom. The smallest absolute Gasteiger partial charge is 0.0465 e. The highest BCUT2D eigenvalue weighted by atomic mass is 15.1. The van der Waals surface area contributed by atoms with E-state index < -0.39 is 0 Å². The van der Waals surface area contributed by atoms with Crippen LogP contribution in [0.4, 0.5) is 17.1 Å². The molecular weight excluding hydrogens is 530 g/mol. The van der Waals surface area contributed by atoms with Crippen LogP contribution in [0.1, 0.15) is 55.5 Å². The molecule has 0 atom stereocenters. The molecule has 0 N–H and O–H groups in total. The minimum absolute atomic E-state index is 0.00825. The molecule has 0 heterocycles. The molecule has 2 aliphatic rings. The molecule has 0 spiro atoms. The van der Waals surface area contributed by atoms with E-state index in [2.05, 4.69) is 173 Å². The Labute approximate surface area is 261 Å². The van der Waals surface area contributed by atoms with Crippen molar-refractivity contribution in [2.24, 2.45) is 0 Å². The predicted molar refractivity (Wildman–Crippen MR) is 186 cm³/mol. The van der Waals surface area contributed by atoms with E-state index in [0.29, 0.717) is 0 Å². The van der Waals surface area contributed by atoms with Gasteiger partial charge in [0.05, 0.1) is 0 Å². The first-order chi connectivity index (χ1) is 21.2. The molecule has 6 aromatic carbocycles. The summed E-state index contributed by atoms with van der Waals surface area (Å²) in [6.07, 6.45) is 0. The highest BCUT2D eigenvalue weighted by Gasteiger charge is 2.37. The zero-order valence-corrected chi connectivity index (χ0v) is 26.1. The quantitative estimate of drug-likeness (QED) is 0.205. The Morgan fingerprint density at radius 1 is 0.386 bits per heavy atom. The third kappa shape index (κ3) is 3.92. The van der Waals surface area contributed by atoms with Crippen LogP contribution in [0.25, 0.3) is 33.4 Å². The number of benzene rings is 6. The van der Waals surface area contributed by atoms with E-state index in [1.807, 2.05) is 0 Å². The summed E-state index contributed by atoms with van der Waals surface area (Å²) in [5, 5.41) is 0. The monoisotopic (exact) mass is 567 g/mol. The van der Waals surface area contributed by atoms with Crippen LogP contribution in [0, 0.1) is 6.92 Å². The second kappa shape index (κ2) is 9.56. The molecule has 0 aromatic heterocycles. The van der Waals surface area contributed by atoms with Crippen molar-refractivity contribution < 1.29 is 0 Å². The molecule has 6 aromatic rings. The van der Waals surface area contributed by atoms with E-state index in [4.69, 9.17) is 0 Å². The van der Waals surface area contributed by atoms with Crippen molar-refractivity contribution in [1.82, 2.24) is 0 Å². The van der Waals surface area contributed by atoms with Crippen LogP contribution < -0.4 is 4.90 Å². The van der Waals surface area contributed by atoms with Crippen LogP contribution >= 0.6 is 0 Å². The summed E-state index contributed by atoms with van der Waals surface area (Å²) in [5.41, 5.74) is 18.3. The lowest BCUT2D eigenvalue weighted by molar-refractivity contribution is 0.660. The summed E-state index contributed by atoms with van der Waals surface area (Å²) in [6, 6.07) is 49.6. The minimum atomic E-state index is -0.0556. The summed E-state index contributed by atoms with van der Waals surface area (Å²) in [6.45, 7) is 11.6. The second-order valence-electron chi connectivity index (χ2n) is 13.6. The van der Waals surface area contributed by atoms with Gasteiger partial charge < -0.3 is 4.90 Å². The zero-order chi connectivity index (χ0) is 30.2. The van der Waals surface area contributed by atoms with Crippen LogP contribution in [-0.2, 0) is 10.8 Å². The van der Waals surface area contributed by atoms with E-state index >= 15 is 0 Å². The van der Waals surface area contributed by atoms with Gasteiger partial charge in [0.1, 0.15) is 0 Å². The van der Waals surface area contributed by atoms with Crippen LogP contribution in [0.15, 0.2) is 133 Å². The molecule has 0 saturated heterocycles. The highest BCUT2D eigenvalue weighted by Crippen LogP contribution is 2.52. The maximum Gasteiger partial charge on any atom is 0.0465 e. The predicted octanol–water partition coefficient (Wildman–Crippen LogP) is 11.7. The Hall–Kier alpha value is -4.88. The van der Waals surface area contributed by atoms with Crippen LogP contribution in [-0.4, -0.2) is 0 Å². The van der Waals surface area contributed by atoms with Gasteiger partial charge in [0, 0.05) is 27.9 Å². The average Bonchev–Trinajstić information content (AvgIpc) is 3.41. The van der Waals surface area contributed by atoms with Crippen molar-refractivity contribution in [1.29, 1.82) is 0 Å². The van der Waals surface area contributed by atoms with Crippen molar-refractivity contribution in [2.75, 3.05) is 4.90 Å². The average molecular weight is 568 g/mol. The van der Waals surface area contributed by atoms with Gasteiger partial charge in [-0.3, -0.25) is 0 Å². The highest BCUT2D eigenvalue weighted by molar-refractivity contribution is 5.87. The summed E-state index contributed by atoms with van der Waals surface area (Å²) in [5.74, 6) is 0. The fourth-order valence-corrected chi connectivity index (χ4v) is 7.69. The minimum Gasteiger partial charge on any atom is -0.310 e.